The number of carbonyl (C=O) groups is 1. The first-order valence-electron chi connectivity index (χ1n) is 6.15. The molecule has 0 bridgehead atoms. The van der Waals surface area contributed by atoms with Gasteiger partial charge in [0.25, 0.3) is 5.69 Å². The minimum Gasteiger partial charge on any atom is -0.312 e. The number of nitro benzene ring substituents is 1. The van der Waals surface area contributed by atoms with Crippen molar-refractivity contribution in [2.45, 2.75) is 13.3 Å². The molecule has 2 rings (SSSR count). The van der Waals surface area contributed by atoms with Crippen molar-refractivity contribution in [1.29, 1.82) is 0 Å². The molecule has 1 fully saturated rings. The summed E-state index contributed by atoms with van der Waals surface area (Å²) in [5.74, 6) is -1.62. The molecule has 1 saturated heterocycles. The van der Waals surface area contributed by atoms with Gasteiger partial charge in [0.2, 0.25) is 5.91 Å². The van der Waals surface area contributed by atoms with E-state index in [1.807, 2.05) is 0 Å². The largest absolute Gasteiger partial charge is 0.312 e. The van der Waals surface area contributed by atoms with Gasteiger partial charge in [0, 0.05) is 36.7 Å². The Balaban J connectivity index is 2.23. The van der Waals surface area contributed by atoms with Crippen molar-refractivity contribution in [3.63, 3.8) is 0 Å². The van der Waals surface area contributed by atoms with E-state index in [1.54, 1.807) is 6.92 Å². The number of halogens is 1. The highest BCUT2D eigenvalue weighted by Gasteiger charge is 2.34. The smallest absolute Gasteiger partial charge is 0.302 e. The van der Waals surface area contributed by atoms with Crippen LogP contribution in [0.3, 0.4) is 0 Å². The number of rotatable bonds is 4. The summed E-state index contributed by atoms with van der Waals surface area (Å²) in [7, 11) is -4.63. The molecule has 1 atom stereocenters. The molecular weight excluding hydrogens is 303 g/mol. The molecule has 9 heteroatoms. The lowest BCUT2D eigenvalue weighted by atomic mass is 10.1. The molecule has 1 aliphatic rings. The maximum absolute atomic E-state index is 12.7. The Morgan fingerprint density at radius 1 is 1.48 bits per heavy atom. The van der Waals surface area contributed by atoms with Gasteiger partial charge in [-0.2, -0.15) is 8.42 Å². The van der Waals surface area contributed by atoms with E-state index in [-0.39, 0.29) is 24.6 Å². The quantitative estimate of drug-likeness (QED) is 0.477. The van der Waals surface area contributed by atoms with E-state index >= 15 is 0 Å². The topological polar surface area (TPSA) is 97.6 Å². The number of hydrogen-bond acceptors (Lipinski definition) is 5. The number of hydrogen-bond donors (Lipinski definition) is 0. The molecular formula is C12H13FN2O5S. The molecule has 1 aromatic carbocycles. The fraction of sp³-hybridized carbons (Fsp3) is 0.417. The lowest BCUT2D eigenvalue weighted by Gasteiger charge is -2.18. The molecule has 0 aromatic heterocycles. The Bertz CT molecular complexity index is 704. The highest BCUT2D eigenvalue weighted by Crippen LogP contribution is 2.30. The highest BCUT2D eigenvalue weighted by atomic mass is 32.3. The molecule has 0 aliphatic carbocycles. The van der Waals surface area contributed by atoms with E-state index in [4.69, 9.17) is 0 Å². The third kappa shape index (κ3) is 3.54. The third-order valence-electron chi connectivity index (χ3n) is 3.32. The van der Waals surface area contributed by atoms with Crippen LogP contribution in [0.2, 0.25) is 0 Å². The summed E-state index contributed by atoms with van der Waals surface area (Å²) in [6, 6.07) is 4.05. The SMILES string of the molecule is Cc1cc([N+](=O)[O-])ccc1N1CC(CS(=O)(=O)F)CC1=O. The number of anilines is 1. The first kappa shape index (κ1) is 15.4. The summed E-state index contributed by atoms with van der Waals surface area (Å²) in [4.78, 5) is 23.4. The predicted octanol–water partition coefficient (Wildman–Crippen LogP) is 1.56. The molecule has 1 aliphatic heterocycles. The molecule has 1 unspecified atom stereocenters. The van der Waals surface area contributed by atoms with Gasteiger partial charge in [0.1, 0.15) is 0 Å². The van der Waals surface area contributed by atoms with Crippen LogP contribution in [0.5, 0.6) is 0 Å². The molecule has 21 heavy (non-hydrogen) atoms. The lowest BCUT2D eigenvalue weighted by molar-refractivity contribution is -0.384. The van der Waals surface area contributed by atoms with Crippen molar-refractivity contribution < 1.29 is 22.0 Å². The van der Waals surface area contributed by atoms with Crippen molar-refractivity contribution in [1.82, 2.24) is 0 Å². The van der Waals surface area contributed by atoms with E-state index in [2.05, 4.69) is 0 Å². The fourth-order valence-corrected chi connectivity index (χ4v) is 3.25. The summed E-state index contributed by atoms with van der Waals surface area (Å²) in [6.45, 7) is 1.70. The normalized spacial score (nSPS) is 19.0. The van der Waals surface area contributed by atoms with Crippen molar-refractivity contribution in [3.05, 3.63) is 33.9 Å². The first-order chi connectivity index (χ1) is 9.67. The molecule has 1 amide bonds. The summed E-state index contributed by atoms with van der Waals surface area (Å²) in [5, 5.41) is 10.7. The molecule has 0 N–H and O–H groups in total. The summed E-state index contributed by atoms with van der Waals surface area (Å²) >= 11 is 0. The van der Waals surface area contributed by atoms with Crippen molar-refractivity contribution in [2.24, 2.45) is 5.92 Å². The predicted molar refractivity (Wildman–Crippen MR) is 73.2 cm³/mol. The van der Waals surface area contributed by atoms with Crippen LogP contribution >= 0.6 is 0 Å². The van der Waals surface area contributed by atoms with Gasteiger partial charge in [-0.05, 0) is 18.6 Å². The molecule has 7 nitrogen and oxygen atoms in total. The lowest BCUT2D eigenvalue weighted by Crippen LogP contribution is -2.26. The molecule has 0 saturated carbocycles. The zero-order valence-corrected chi connectivity index (χ0v) is 12.0. The number of nitrogens with zero attached hydrogens (tertiary/aromatic N) is 2. The van der Waals surface area contributed by atoms with E-state index in [1.165, 1.54) is 23.1 Å². The van der Waals surface area contributed by atoms with Crippen molar-refractivity contribution in [3.8, 4) is 0 Å². The molecule has 114 valence electrons. The number of benzene rings is 1. The van der Waals surface area contributed by atoms with Gasteiger partial charge in [0.05, 0.1) is 10.7 Å². The van der Waals surface area contributed by atoms with Crippen LogP contribution in [0.25, 0.3) is 0 Å². The molecule has 0 spiro atoms. The summed E-state index contributed by atoms with van der Waals surface area (Å²) < 4.78 is 34.0. The molecule has 0 radical (unpaired) electrons. The third-order valence-corrected chi connectivity index (χ3v) is 4.19. The van der Waals surface area contributed by atoms with Crippen LogP contribution in [-0.2, 0) is 15.0 Å². The number of amides is 1. The van der Waals surface area contributed by atoms with Crippen LogP contribution in [0.4, 0.5) is 15.3 Å². The standard InChI is InChI=1S/C12H13FN2O5S/c1-8-4-10(15(17)18)2-3-11(8)14-6-9(5-12(14)16)7-21(13,19)20/h2-4,9H,5-7H2,1H3. The zero-order valence-electron chi connectivity index (χ0n) is 11.2. The van der Waals surface area contributed by atoms with Crippen LogP contribution in [0, 0.1) is 23.0 Å². The first-order valence-corrected chi connectivity index (χ1v) is 7.70. The van der Waals surface area contributed by atoms with Crippen molar-refractivity contribution >= 4 is 27.5 Å². The van der Waals surface area contributed by atoms with Crippen LogP contribution in [0.1, 0.15) is 12.0 Å². The van der Waals surface area contributed by atoms with Gasteiger partial charge in [-0.15, -0.1) is 3.89 Å². The Labute approximate surface area is 120 Å². The maximum atomic E-state index is 12.7. The number of nitro groups is 1. The van der Waals surface area contributed by atoms with E-state index in [0.29, 0.717) is 11.3 Å². The van der Waals surface area contributed by atoms with E-state index in [0.717, 1.165) is 0 Å². The zero-order chi connectivity index (χ0) is 15.8. The average molecular weight is 316 g/mol. The van der Waals surface area contributed by atoms with Gasteiger partial charge >= 0.3 is 10.2 Å². The summed E-state index contributed by atoms with van der Waals surface area (Å²) in [5.41, 5.74) is 0.913. The van der Waals surface area contributed by atoms with Gasteiger partial charge < -0.3 is 4.90 Å². The van der Waals surface area contributed by atoms with Crippen molar-refractivity contribution in [2.75, 3.05) is 17.2 Å². The fourth-order valence-electron chi connectivity index (χ4n) is 2.46. The minimum atomic E-state index is -4.63. The Morgan fingerprint density at radius 2 is 2.14 bits per heavy atom. The molecule has 1 heterocycles. The van der Waals surface area contributed by atoms with Crippen LogP contribution in [-0.4, -0.2) is 31.5 Å². The minimum absolute atomic E-state index is 0.0560. The maximum Gasteiger partial charge on any atom is 0.302 e. The second-order valence-electron chi connectivity index (χ2n) is 5.01. The van der Waals surface area contributed by atoms with E-state index < -0.39 is 26.8 Å². The Hall–Kier alpha value is -2.03. The van der Waals surface area contributed by atoms with Crippen LogP contribution < -0.4 is 4.90 Å². The number of aryl methyl sites for hydroxylation is 1. The van der Waals surface area contributed by atoms with Gasteiger partial charge in [-0.25, -0.2) is 0 Å². The van der Waals surface area contributed by atoms with Crippen LogP contribution in [0.15, 0.2) is 18.2 Å². The van der Waals surface area contributed by atoms with Gasteiger partial charge in [0.15, 0.2) is 0 Å². The molecule has 1 aromatic rings. The Morgan fingerprint density at radius 3 is 2.67 bits per heavy atom. The van der Waals surface area contributed by atoms with E-state index in [9.17, 15) is 27.2 Å². The number of carbonyl (C=O) groups excluding carboxylic acids is 1. The second-order valence-corrected chi connectivity index (χ2v) is 6.42. The monoisotopic (exact) mass is 316 g/mol. The second kappa shape index (κ2) is 5.40. The van der Waals surface area contributed by atoms with Gasteiger partial charge in [-0.1, -0.05) is 0 Å². The summed E-state index contributed by atoms with van der Waals surface area (Å²) in [6.07, 6.45) is -0.0560. The number of non-ortho nitro benzene ring substituents is 1. The van der Waals surface area contributed by atoms with Gasteiger partial charge in [-0.3, -0.25) is 14.9 Å². The highest BCUT2D eigenvalue weighted by molar-refractivity contribution is 7.86. The average Bonchev–Trinajstić information content (AvgIpc) is 2.67. The Kier molecular flexibility index (Phi) is 3.95.